The number of hydrogen-bond donors (Lipinski definition) is 1. The van der Waals surface area contributed by atoms with E-state index in [0.717, 1.165) is 17.1 Å². The van der Waals surface area contributed by atoms with E-state index >= 15 is 0 Å². The third kappa shape index (κ3) is 4.36. The van der Waals surface area contributed by atoms with Crippen LogP contribution in [-0.2, 0) is 15.3 Å². The van der Waals surface area contributed by atoms with Gasteiger partial charge in [-0.1, -0.05) is 48.2 Å². The maximum absolute atomic E-state index is 12.9. The van der Waals surface area contributed by atoms with Crippen LogP contribution in [0.5, 0.6) is 5.75 Å². The number of esters is 1. The van der Waals surface area contributed by atoms with Gasteiger partial charge in [-0.2, -0.15) is 4.98 Å². The molecule has 1 aliphatic rings. The van der Waals surface area contributed by atoms with Crippen LogP contribution < -0.4 is 10.1 Å². The molecule has 2 aromatic carbocycles. The lowest BCUT2D eigenvalue weighted by molar-refractivity contribution is -0.139. The molecule has 1 N–H and O–H groups in total. The van der Waals surface area contributed by atoms with Gasteiger partial charge in [0, 0.05) is 11.4 Å². The van der Waals surface area contributed by atoms with Crippen molar-refractivity contribution < 1.29 is 14.3 Å². The Bertz CT molecular complexity index is 1150. The van der Waals surface area contributed by atoms with Crippen molar-refractivity contribution in [2.75, 3.05) is 19.0 Å². The molecule has 0 amide bonds. The number of ether oxygens (including phenoxy) is 2. The quantitative estimate of drug-likeness (QED) is 0.411. The number of thioether (sulfide) groups is 1. The molecular weight excluding hydrogens is 424 g/mol. The third-order valence-corrected chi connectivity index (χ3v) is 6.26. The van der Waals surface area contributed by atoms with E-state index in [1.54, 1.807) is 30.5 Å². The largest absolute Gasteiger partial charge is 0.497 e. The lowest BCUT2D eigenvalue weighted by Crippen LogP contribution is -2.29. The Kier molecular flexibility index (Phi) is 6.50. The first-order valence-electron chi connectivity index (χ1n) is 10.4. The summed E-state index contributed by atoms with van der Waals surface area (Å²) >= 11 is 1.57. The normalized spacial score (nSPS) is 15.2. The van der Waals surface area contributed by atoms with E-state index in [1.165, 1.54) is 11.1 Å². The van der Waals surface area contributed by atoms with E-state index in [4.69, 9.17) is 14.6 Å². The number of carbonyl (C=O) groups excluding carboxylic acids is 1. The Balaban J connectivity index is 1.69. The average Bonchev–Trinajstić information content (AvgIpc) is 3.20. The summed E-state index contributed by atoms with van der Waals surface area (Å²) in [6.45, 7) is 6.06. The first-order chi connectivity index (χ1) is 15.5. The van der Waals surface area contributed by atoms with E-state index in [9.17, 15) is 4.79 Å². The zero-order valence-corrected chi connectivity index (χ0v) is 19.4. The molecule has 4 rings (SSSR count). The highest BCUT2D eigenvalue weighted by molar-refractivity contribution is 7.98. The van der Waals surface area contributed by atoms with Gasteiger partial charge in [0.1, 0.15) is 11.8 Å². The van der Waals surface area contributed by atoms with E-state index in [1.807, 2.05) is 43.3 Å². The van der Waals surface area contributed by atoms with Gasteiger partial charge in [-0.05, 0) is 49.6 Å². The number of aryl methyl sites for hydroxylation is 1. The number of rotatable bonds is 7. The number of hydrogen-bond acceptors (Lipinski definition) is 7. The summed E-state index contributed by atoms with van der Waals surface area (Å²) in [6.07, 6.45) is 0. The van der Waals surface area contributed by atoms with Crippen molar-refractivity contribution in [1.82, 2.24) is 14.8 Å². The van der Waals surface area contributed by atoms with Crippen LogP contribution in [0.3, 0.4) is 0 Å². The number of benzene rings is 2. The molecule has 0 unspecified atom stereocenters. The van der Waals surface area contributed by atoms with Crippen LogP contribution >= 0.6 is 11.8 Å². The molecule has 3 aromatic rings. The molecule has 1 atom stereocenters. The van der Waals surface area contributed by atoms with Gasteiger partial charge in [0.15, 0.2) is 0 Å². The minimum absolute atomic E-state index is 0.298. The molecule has 7 nitrogen and oxygen atoms in total. The summed E-state index contributed by atoms with van der Waals surface area (Å²) in [5.74, 6) is 1.74. The fourth-order valence-corrected chi connectivity index (χ4v) is 4.58. The van der Waals surface area contributed by atoms with Gasteiger partial charge in [0.2, 0.25) is 11.1 Å². The number of methoxy groups -OCH3 is 1. The molecule has 2 heterocycles. The van der Waals surface area contributed by atoms with Crippen LogP contribution in [0, 0.1) is 6.92 Å². The van der Waals surface area contributed by atoms with Crippen LogP contribution in [0.25, 0.3) is 0 Å². The second-order valence-electron chi connectivity index (χ2n) is 7.44. The van der Waals surface area contributed by atoms with Crippen molar-refractivity contribution >= 4 is 23.7 Å². The number of nitrogens with one attached hydrogen (secondary N) is 1. The number of carbonyl (C=O) groups is 1. The summed E-state index contributed by atoms with van der Waals surface area (Å²) in [7, 11) is 1.63. The molecule has 0 aliphatic carbocycles. The number of fused-ring (bicyclic) bond motifs is 1. The lowest BCUT2D eigenvalue weighted by Gasteiger charge is -2.28. The maximum atomic E-state index is 12.9. The van der Waals surface area contributed by atoms with Gasteiger partial charge in [-0.25, -0.2) is 9.48 Å². The fraction of sp³-hybridized carbons (Fsp3) is 0.292. The zero-order chi connectivity index (χ0) is 22.7. The van der Waals surface area contributed by atoms with Crippen LogP contribution in [0.4, 0.5) is 5.95 Å². The molecule has 166 valence electrons. The van der Waals surface area contributed by atoms with Gasteiger partial charge in [-0.3, -0.25) is 0 Å². The number of anilines is 1. The van der Waals surface area contributed by atoms with Gasteiger partial charge < -0.3 is 14.8 Å². The highest BCUT2D eigenvalue weighted by atomic mass is 32.2. The standard InChI is InChI=1S/C24H26N4O3S/c1-5-31-22(29)20-16(3)25-23-26-24(32-14-18-9-7-6-8-15(18)2)27-28(23)21(20)17-10-12-19(30-4)13-11-17/h6-13,21H,5,14H2,1-4H3,(H,25,26,27)/t21-/m0/s1. The van der Waals surface area contributed by atoms with Crippen LogP contribution in [-0.4, -0.2) is 34.5 Å². The SMILES string of the molecule is CCOC(=O)C1=C(C)Nc2nc(SCc3ccccc3C)nn2[C@H]1c1ccc(OC)cc1. The average molecular weight is 451 g/mol. The van der Waals surface area contributed by atoms with Crippen molar-refractivity contribution in [1.29, 1.82) is 0 Å². The monoisotopic (exact) mass is 450 g/mol. The zero-order valence-electron chi connectivity index (χ0n) is 18.6. The molecule has 1 aliphatic heterocycles. The van der Waals surface area contributed by atoms with Gasteiger partial charge in [0.25, 0.3) is 0 Å². The molecule has 0 radical (unpaired) electrons. The summed E-state index contributed by atoms with van der Waals surface area (Å²) in [4.78, 5) is 17.6. The van der Waals surface area contributed by atoms with Crippen LogP contribution in [0.15, 0.2) is 65.0 Å². The number of aromatic nitrogens is 3. The molecule has 0 saturated heterocycles. The Morgan fingerprint density at radius 3 is 2.59 bits per heavy atom. The summed E-state index contributed by atoms with van der Waals surface area (Å²) in [5, 5.41) is 8.63. The summed E-state index contributed by atoms with van der Waals surface area (Å²) in [6, 6.07) is 15.5. The molecule has 0 fully saturated rings. The molecule has 0 bridgehead atoms. The predicted molar refractivity (Wildman–Crippen MR) is 125 cm³/mol. The Hall–Kier alpha value is -3.26. The van der Waals surface area contributed by atoms with E-state index in [0.29, 0.717) is 29.0 Å². The number of allylic oxidation sites excluding steroid dienone is 1. The van der Waals surface area contributed by atoms with Crippen molar-refractivity contribution in [3.05, 3.63) is 76.5 Å². The maximum Gasteiger partial charge on any atom is 0.338 e. The molecular formula is C24H26N4O3S. The minimum Gasteiger partial charge on any atom is -0.497 e. The Morgan fingerprint density at radius 1 is 1.16 bits per heavy atom. The minimum atomic E-state index is -0.448. The third-order valence-electron chi connectivity index (χ3n) is 5.38. The van der Waals surface area contributed by atoms with E-state index in [-0.39, 0.29) is 5.97 Å². The van der Waals surface area contributed by atoms with E-state index < -0.39 is 6.04 Å². The number of nitrogens with zero attached hydrogens (tertiary/aromatic N) is 3. The molecule has 0 spiro atoms. The van der Waals surface area contributed by atoms with Gasteiger partial charge in [-0.15, -0.1) is 5.10 Å². The van der Waals surface area contributed by atoms with E-state index in [2.05, 4.69) is 29.4 Å². The van der Waals surface area contributed by atoms with Crippen molar-refractivity contribution in [2.45, 2.75) is 37.7 Å². The predicted octanol–water partition coefficient (Wildman–Crippen LogP) is 4.74. The smallest absolute Gasteiger partial charge is 0.338 e. The first kappa shape index (κ1) is 22.0. The first-order valence-corrected chi connectivity index (χ1v) is 11.4. The second-order valence-corrected chi connectivity index (χ2v) is 8.38. The molecule has 32 heavy (non-hydrogen) atoms. The van der Waals surface area contributed by atoms with Crippen LogP contribution in [0.2, 0.25) is 0 Å². The highest BCUT2D eigenvalue weighted by Crippen LogP contribution is 2.37. The van der Waals surface area contributed by atoms with Gasteiger partial charge in [0.05, 0.1) is 19.3 Å². The Morgan fingerprint density at radius 2 is 1.91 bits per heavy atom. The topological polar surface area (TPSA) is 78.3 Å². The van der Waals surface area contributed by atoms with Crippen molar-refractivity contribution in [3.8, 4) is 5.75 Å². The Labute approximate surface area is 191 Å². The summed E-state index contributed by atoms with van der Waals surface area (Å²) in [5.41, 5.74) is 4.60. The van der Waals surface area contributed by atoms with Crippen molar-refractivity contribution in [3.63, 3.8) is 0 Å². The summed E-state index contributed by atoms with van der Waals surface area (Å²) < 4.78 is 12.4. The molecule has 8 heteroatoms. The lowest BCUT2D eigenvalue weighted by atomic mass is 9.96. The second kappa shape index (κ2) is 9.48. The van der Waals surface area contributed by atoms with Gasteiger partial charge >= 0.3 is 5.97 Å². The highest BCUT2D eigenvalue weighted by Gasteiger charge is 2.35. The molecule has 0 saturated carbocycles. The van der Waals surface area contributed by atoms with Crippen LogP contribution in [0.1, 0.15) is 36.6 Å². The fourth-order valence-electron chi connectivity index (χ4n) is 3.67. The van der Waals surface area contributed by atoms with Crippen molar-refractivity contribution in [2.24, 2.45) is 0 Å². The molecule has 1 aromatic heterocycles.